The highest BCUT2D eigenvalue weighted by Gasteiger charge is 2.28. The Morgan fingerprint density at radius 2 is 2.12 bits per heavy atom. The molecule has 0 radical (unpaired) electrons. The van der Waals surface area contributed by atoms with Gasteiger partial charge in [-0.3, -0.25) is 4.90 Å². The summed E-state index contributed by atoms with van der Waals surface area (Å²) in [4.78, 5) is 2.76. The molecule has 0 aliphatic carbocycles. The molecular weight excluding hydrogens is 216 g/mol. The molecule has 3 heteroatoms. The van der Waals surface area contributed by atoms with Crippen LogP contribution in [0, 0.1) is 5.92 Å². The van der Waals surface area contributed by atoms with E-state index in [1.54, 1.807) is 0 Å². The SMILES string of the molecule is CCC(C)C1CN(C2CCSCC2)CCN1. The molecule has 0 bridgehead atoms. The van der Waals surface area contributed by atoms with Crippen LogP contribution in [0.15, 0.2) is 0 Å². The summed E-state index contributed by atoms with van der Waals surface area (Å²) in [5, 5.41) is 3.69. The molecule has 1 N–H and O–H groups in total. The fourth-order valence-electron chi connectivity index (χ4n) is 2.85. The van der Waals surface area contributed by atoms with E-state index < -0.39 is 0 Å². The van der Waals surface area contributed by atoms with Crippen molar-refractivity contribution in [2.45, 2.75) is 45.2 Å². The Hall–Kier alpha value is 0.270. The van der Waals surface area contributed by atoms with Gasteiger partial charge in [0.05, 0.1) is 0 Å². The van der Waals surface area contributed by atoms with Crippen LogP contribution in [0.25, 0.3) is 0 Å². The fraction of sp³-hybridized carbons (Fsp3) is 1.00. The Morgan fingerprint density at radius 3 is 2.81 bits per heavy atom. The molecule has 2 saturated heterocycles. The van der Waals surface area contributed by atoms with E-state index in [9.17, 15) is 0 Å². The molecule has 0 aromatic carbocycles. The Balaban J connectivity index is 1.85. The third kappa shape index (κ3) is 3.14. The minimum absolute atomic E-state index is 0.730. The topological polar surface area (TPSA) is 15.3 Å². The zero-order chi connectivity index (χ0) is 11.4. The summed E-state index contributed by atoms with van der Waals surface area (Å²) < 4.78 is 0. The van der Waals surface area contributed by atoms with E-state index >= 15 is 0 Å². The van der Waals surface area contributed by atoms with Crippen LogP contribution < -0.4 is 5.32 Å². The van der Waals surface area contributed by atoms with E-state index in [-0.39, 0.29) is 0 Å². The molecule has 2 aliphatic heterocycles. The van der Waals surface area contributed by atoms with Gasteiger partial charge in [-0.25, -0.2) is 0 Å². The second-order valence-corrected chi connectivity index (χ2v) is 6.51. The van der Waals surface area contributed by atoms with Gasteiger partial charge in [-0.15, -0.1) is 0 Å². The van der Waals surface area contributed by atoms with Crippen molar-refractivity contribution < 1.29 is 0 Å². The summed E-state index contributed by atoms with van der Waals surface area (Å²) in [6.45, 7) is 8.44. The van der Waals surface area contributed by atoms with Crippen LogP contribution in [0.3, 0.4) is 0 Å². The van der Waals surface area contributed by atoms with E-state index in [1.807, 2.05) is 0 Å². The van der Waals surface area contributed by atoms with Gasteiger partial charge in [0.15, 0.2) is 0 Å². The lowest BCUT2D eigenvalue weighted by atomic mass is 9.96. The normalized spacial score (nSPS) is 31.5. The standard InChI is InChI=1S/C13H26N2S/c1-3-11(2)13-10-15(7-6-14-13)12-4-8-16-9-5-12/h11-14H,3-10H2,1-2H3. The molecule has 2 rings (SSSR count). The Kier molecular flexibility index (Phi) is 4.98. The van der Waals surface area contributed by atoms with Gasteiger partial charge >= 0.3 is 0 Å². The van der Waals surface area contributed by atoms with Crippen molar-refractivity contribution in [2.24, 2.45) is 5.92 Å². The van der Waals surface area contributed by atoms with Gasteiger partial charge in [0.1, 0.15) is 0 Å². The van der Waals surface area contributed by atoms with Gasteiger partial charge in [-0.1, -0.05) is 20.3 Å². The first-order valence-corrected chi connectivity index (χ1v) is 8.02. The molecule has 2 unspecified atom stereocenters. The molecule has 0 saturated carbocycles. The highest BCUT2D eigenvalue weighted by Crippen LogP contribution is 2.23. The largest absolute Gasteiger partial charge is 0.311 e. The monoisotopic (exact) mass is 242 g/mol. The van der Waals surface area contributed by atoms with Crippen LogP contribution in [-0.2, 0) is 0 Å². The summed E-state index contributed by atoms with van der Waals surface area (Å²) in [6.07, 6.45) is 4.13. The summed E-state index contributed by atoms with van der Waals surface area (Å²) in [6, 6.07) is 1.61. The van der Waals surface area contributed by atoms with Gasteiger partial charge in [-0.2, -0.15) is 11.8 Å². The maximum Gasteiger partial charge on any atom is 0.0221 e. The highest BCUT2D eigenvalue weighted by molar-refractivity contribution is 7.99. The van der Waals surface area contributed by atoms with E-state index in [4.69, 9.17) is 0 Å². The average Bonchev–Trinajstić information content (AvgIpc) is 2.39. The molecule has 2 aliphatic rings. The van der Waals surface area contributed by atoms with Crippen LogP contribution in [0.4, 0.5) is 0 Å². The molecule has 0 amide bonds. The molecule has 2 nitrogen and oxygen atoms in total. The first kappa shape index (κ1) is 12.7. The number of piperazine rings is 1. The van der Waals surface area contributed by atoms with E-state index in [2.05, 4.69) is 35.8 Å². The first-order chi connectivity index (χ1) is 7.81. The van der Waals surface area contributed by atoms with Gasteiger partial charge in [-0.05, 0) is 30.3 Å². The zero-order valence-corrected chi connectivity index (χ0v) is 11.6. The molecule has 0 aromatic rings. The van der Waals surface area contributed by atoms with Gasteiger partial charge in [0.25, 0.3) is 0 Å². The van der Waals surface area contributed by atoms with Crippen LogP contribution >= 0.6 is 11.8 Å². The van der Waals surface area contributed by atoms with Crippen LogP contribution in [-0.4, -0.2) is 48.1 Å². The van der Waals surface area contributed by atoms with Crippen molar-refractivity contribution in [3.05, 3.63) is 0 Å². The predicted molar refractivity (Wildman–Crippen MR) is 73.2 cm³/mol. The Labute approximate surface area is 105 Å². The Bertz CT molecular complexity index is 204. The average molecular weight is 242 g/mol. The summed E-state index contributed by atoms with van der Waals surface area (Å²) in [5.41, 5.74) is 0. The Morgan fingerprint density at radius 1 is 1.38 bits per heavy atom. The van der Waals surface area contributed by atoms with Crippen LogP contribution in [0.1, 0.15) is 33.1 Å². The lowest BCUT2D eigenvalue weighted by Gasteiger charge is -2.42. The lowest BCUT2D eigenvalue weighted by molar-refractivity contribution is 0.116. The van der Waals surface area contributed by atoms with Crippen molar-refractivity contribution in [3.63, 3.8) is 0 Å². The maximum atomic E-state index is 3.69. The molecule has 94 valence electrons. The van der Waals surface area contributed by atoms with Crippen molar-refractivity contribution in [3.8, 4) is 0 Å². The predicted octanol–water partition coefficient (Wildman–Crippen LogP) is 2.20. The van der Waals surface area contributed by atoms with Crippen LogP contribution in [0.5, 0.6) is 0 Å². The van der Waals surface area contributed by atoms with Crippen molar-refractivity contribution in [1.82, 2.24) is 10.2 Å². The van der Waals surface area contributed by atoms with Gasteiger partial charge < -0.3 is 5.32 Å². The van der Waals surface area contributed by atoms with E-state index in [1.165, 1.54) is 50.4 Å². The first-order valence-electron chi connectivity index (χ1n) is 6.86. The number of thioether (sulfide) groups is 1. The molecule has 2 fully saturated rings. The van der Waals surface area contributed by atoms with Crippen LogP contribution in [0.2, 0.25) is 0 Å². The molecule has 0 spiro atoms. The zero-order valence-electron chi connectivity index (χ0n) is 10.7. The maximum absolute atomic E-state index is 3.69. The summed E-state index contributed by atoms with van der Waals surface area (Å²) in [7, 11) is 0. The number of rotatable bonds is 3. The van der Waals surface area contributed by atoms with E-state index in [0.717, 1.165) is 18.0 Å². The van der Waals surface area contributed by atoms with Gasteiger partial charge in [0.2, 0.25) is 0 Å². The number of hydrogen-bond acceptors (Lipinski definition) is 3. The highest BCUT2D eigenvalue weighted by atomic mass is 32.2. The second-order valence-electron chi connectivity index (χ2n) is 5.28. The molecule has 0 aromatic heterocycles. The number of hydrogen-bond donors (Lipinski definition) is 1. The van der Waals surface area contributed by atoms with Crippen molar-refractivity contribution in [1.29, 1.82) is 0 Å². The van der Waals surface area contributed by atoms with Crippen molar-refractivity contribution in [2.75, 3.05) is 31.1 Å². The third-order valence-electron chi connectivity index (χ3n) is 4.27. The quantitative estimate of drug-likeness (QED) is 0.817. The minimum atomic E-state index is 0.730. The van der Waals surface area contributed by atoms with E-state index in [0.29, 0.717) is 0 Å². The lowest BCUT2D eigenvalue weighted by Crippen LogP contribution is -2.56. The molecule has 16 heavy (non-hydrogen) atoms. The van der Waals surface area contributed by atoms with Gasteiger partial charge in [0, 0.05) is 31.7 Å². The number of nitrogens with one attached hydrogen (secondary N) is 1. The van der Waals surface area contributed by atoms with Crippen molar-refractivity contribution >= 4 is 11.8 Å². The fourth-order valence-corrected chi connectivity index (χ4v) is 3.93. The molecule has 2 heterocycles. The smallest absolute Gasteiger partial charge is 0.0221 e. The third-order valence-corrected chi connectivity index (χ3v) is 5.32. The molecule has 2 atom stereocenters. The molecular formula is C13H26N2S. The number of nitrogens with zero attached hydrogens (tertiary/aromatic N) is 1. The minimum Gasteiger partial charge on any atom is -0.311 e. The summed E-state index contributed by atoms with van der Waals surface area (Å²) >= 11 is 2.13. The summed E-state index contributed by atoms with van der Waals surface area (Å²) in [5.74, 6) is 3.58. The second kappa shape index (κ2) is 6.27.